The Morgan fingerprint density at radius 1 is 1.33 bits per heavy atom. The Labute approximate surface area is 73.2 Å². The molecule has 1 aliphatic carbocycles. The first kappa shape index (κ1) is 7.35. The maximum atomic E-state index is 3.76. The van der Waals surface area contributed by atoms with Crippen LogP contribution < -0.4 is 0 Å². The molecule has 0 unspecified atom stereocenters. The van der Waals surface area contributed by atoms with E-state index in [1.165, 1.54) is 29.5 Å². The molecule has 1 aliphatic rings. The number of rotatable bonds is 2. The first-order valence-corrected chi connectivity index (χ1v) is 4.32. The molecule has 0 N–H and O–H groups in total. The number of benzene rings is 1. The van der Waals surface area contributed by atoms with E-state index >= 15 is 0 Å². The van der Waals surface area contributed by atoms with Crippen LogP contribution in [0.15, 0.2) is 36.9 Å². The van der Waals surface area contributed by atoms with Crippen molar-refractivity contribution in [3.63, 3.8) is 0 Å². The van der Waals surface area contributed by atoms with Gasteiger partial charge in [0.05, 0.1) is 0 Å². The first-order chi connectivity index (χ1) is 5.90. The molecule has 1 aromatic rings. The van der Waals surface area contributed by atoms with Crippen LogP contribution in [0.5, 0.6) is 0 Å². The van der Waals surface area contributed by atoms with E-state index in [0.717, 1.165) is 0 Å². The van der Waals surface area contributed by atoms with Crippen molar-refractivity contribution in [2.45, 2.75) is 12.8 Å². The van der Waals surface area contributed by atoms with Crippen molar-refractivity contribution in [3.8, 4) is 0 Å². The summed E-state index contributed by atoms with van der Waals surface area (Å²) in [7, 11) is 0. The lowest BCUT2D eigenvalue weighted by Crippen LogP contribution is -1.92. The molecule has 0 aromatic heterocycles. The summed E-state index contributed by atoms with van der Waals surface area (Å²) in [6.07, 6.45) is 6.67. The zero-order valence-electron chi connectivity index (χ0n) is 7.09. The molecular formula is C12H12. The molecule has 2 rings (SSSR count). The van der Waals surface area contributed by atoms with Crippen LogP contribution in [0.4, 0.5) is 0 Å². The third kappa shape index (κ3) is 1.20. The normalized spacial score (nSPS) is 14.8. The van der Waals surface area contributed by atoms with Crippen molar-refractivity contribution in [2.75, 3.05) is 0 Å². The minimum atomic E-state index is 1.21. The Morgan fingerprint density at radius 3 is 2.75 bits per heavy atom. The van der Waals surface area contributed by atoms with E-state index in [4.69, 9.17) is 0 Å². The summed E-state index contributed by atoms with van der Waals surface area (Å²) in [5.41, 5.74) is 4.05. The average molecular weight is 156 g/mol. The Kier molecular flexibility index (Phi) is 1.83. The third-order valence-electron chi connectivity index (χ3n) is 2.30. The van der Waals surface area contributed by atoms with Gasteiger partial charge < -0.3 is 0 Å². The molecule has 0 saturated carbocycles. The molecule has 0 bridgehead atoms. The van der Waals surface area contributed by atoms with Crippen molar-refractivity contribution < 1.29 is 0 Å². The minimum Gasteiger partial charge on any atom is -0.0985 e. The number of hydrogen-bond acceptors (Lipinski definition) is 0. The zero-order valence-corrected chi connectivity index (χ0v) is 7.09. The summed E-state index contributed by atoms with van der Waals surface area (Å²) < 4.78 is 0. The average Bonchev–Trinajstić information content (AvgIpc) is 2.02. The van der Waals surface area contributed by atoms with Crippen LogP contribution in [-0.2, 0) is 0 Å². The van der Waals surface area contributed by atoms with Gasteiger partial charge in [-0.15, -0.1) is 0 Å². The largest absolute Gasteiger partial charge is 0.0985 e. The lowest BCUT2D eigenvalue weighted by atomic mass is 9.91. The van der Waals surface area contributed by atoms with Gasteiger partial charge in [0.15, 0.2) is 0 Å². The smallest absolute Gasteiger partial charge is 0.0222 e. The molecule has 1 aromatic carbocycles. The molecule has 60 valence electrons. The molecule has 0 atom stereocenters. The molecule has 0 fully saturated rings. The standard InChI is InChI=1S/C12H12/c1-2-10-5-3-8-12(9-10)11-6-4-7-11/h2-3,5-6,8-9H,1,4,7H2. The fourth-order valence-electron chi connectivity index (χ4n) is 1.42. The van der Waals surface area contributed by atoms with Crippen LogP contribution >= 0.6 is 0 Å². The van der Waals surface area contributed by atoms with Gasteiger partial charge in [0.25, 0.3) is 0 Å². The topological polar surface area (TPSA) is 0 Å². The van der Waals surface area contributed by atoms with E-state index < -0.39 is 0 Å². The maximum absolute atomic E-state index is 3.76. The Morgan fingerprint density at radius 2 is 2.17 bits per heavy atom. The van der Waals surface area contributed by atoms with E-state index in [2.05, 4.69) is 36.9 Å². The second-order valence-corrected chi connectivity index (χ2v) is 3.10. The Balaban J connectivity index is 2.38. The quantitative estimate of drug-likeness (QED) is 0.614. The summed E-state index contributed by atoms with van der Waals surface area (Å²) in [5.74, 6) is 0. The molecule has 12 heavy (non-hydrogen) atoms. The number of hydrogen-bond donors (Lipinski definition) is 0. The van der Waals surface area contributed by atoms with Crippen LogP contribution in [0.3, 0.4) is 0 Å². The van der Waals surface area contributed by atoms with E-state index in [9.17, 15) is 0 Å². The van der Waals surface area contributed by atoms with E-state index in [-0.39, 0.29) is 0 Å². The summed E-state index contributed by atoms with van der Waals surface area (Å²) in [6.45, 7) is 3.76. The van der Waals surface area contributed by atoms with Crippen LogP contribution in [0, 0.1) is 0 Å². The van der Waals surface area contributed by atoms with Gasteiger partial charge in [0.1, 0.15) is 0 Å². The highest BCUT2D eigenvalue weighted by atomic mass is 14.1. The molecule has 0 heteroatoms. The Bertz CT molecular complexity index is 332. The fraction of sp³-hybridized carbons (Fsp3) is 0.167. The highest BCUT2D eigenvalue weighted by Gasteiger charge is 2.07. The summed E-state index contributed by atoms with van der Waals surface area (Å²) >= 11 is 0. The molecular weight excluding hydrogens is 144 g/mol. The van der Waals surface area contributed by atoms with Crippen molar-refractivity contribution in [1.29, 1.82) is 0 Å². The molecule has 0 amide bonds. The zero-order chi connectivity index (χ0) is 8.39. The van der Waals surface area contributed by atoms with Crippen molar-refractivity contribution in [1.82, 2.24) is 0 Å². The lowest BCUT2D eigenvalue weighted by molar-refractivity contribution is 0.988. The van der Waals surface area contributed by atoms with E-state index in [0.29, 0.717) is 0 Å². The first-order valence-electron chi connectivity index (χ1n) is 4.32. The van der Waals surface area contributed by atoms with Gasteiger partial charge in [-0.3, -0.25) is 0 Å². The van der Waals surface area contributed by atoms with E-state index in [1.807, 2.05) is 6.08 Å². The second-order valence-electron chi connectivity index (χ2n) is 3.10. The van der Waals surface area contributed by atoms with Crippen LogP contribution in [0.2, 0.25) is 0 Å². The summed E-state index contributed by atoms with van der Waals surface area (Å²) in [5, 5.41) is 0. The molecule has 0 radical (unpaired) electrons. The van der Waals surface area contributed by atoms with Crippen molar-refractivity contribution in [2.24, 2.45) is 0 Å². The van der Waals surface area contributed by atoms with Gasteiger partial charge in [-0.05, 0) is 35.6 Å². The molecule has 0 spiro atoms. The van der Waals surface area contributed by atoms with Gasteiger partial charge in [0.2, 0.25) is 0 Å². The highest BCUT2D eigenvalue weighted by Crippen LogP contribution is 2.29. The Hall–Kier alpha value is -1.30. The second kappa shape index (κ2) is 2.98. The summed E-state index contributed by atoms with van der Waals surface area (Å²) in [4.78, 5) is 0. The SMILES string of the molecule is C=Cc1cccc(C2=CCC2)c1. The maximum Gasteiger partial charge on any atom is -0.0222 e. The van der Waals surface area contributed by atoms with Gasteiger partial charge in [0, 0.05) is 0 Å². The third-order valence-corrected chi connectivity index (χ3v) is 2.30. The van der Waals surface area contributed by atoms with Crippen LogP contribution in [0.25, 0.3) is 11.6 Å². The number of allylic oxidation sites excluding steroid dienone is 2. The minimum absolute atomic E-state index is 1.21. The summed E-state index contributed by atoms with van der Waals surface area (Å²) in [6, 6.07) is 8.53. The van der Waals surface area contributed by atoms with Gasteiger partial charge >= 0.3 is 0 Å². The van der Waals surface area contributed by atoms with Crippen molar-refractivity contribution >= 4 is 11.6 Å². The van der Waals surface area contributed by atoms with Crippen LogP contribution in [-0.4, -0.2) is 0 Å². The predicted octanol–water partition coefficient (Wildman–Crippen LogP) is 3.51. The van der Waals surface area contributed by atoms with Crippen LogP contribution in [0.1, 0.15) is 24.0 Å². The van der Waals surface area contributed by atoms with Crippen molar-refractivity contribution in [3.05, 3.63) is 48.0 Å². The monoisotopic (exact) mass is 156 g/mol. The van der Waals surface area contributed by atoms with Gasteiger partial charge in [-0.25, -0.2) is 0 Å². The molecule has 0 saturated heterocycles. The van der Waals surface area contributed by atoms with E-state index in [1.54, 1.807) is 0 Å². The molecule has 0 heterocycles. The molecule has 0 aliphatic heterocycles. The van der Waals surface area contributed by atoms with Gasteiger partial charge in [-0.1, -0.05) is 36.9 Å². The molecule has 0 nitrogen and oxygen atoms in total. The highest BCUT2D eigenvalue weighted by molar-refractivity contribution is 5.71. The fourth-order valence-corrected chi connectivity index (χ4v) is 1.42. The lowest BCUT2D eigenvalue weighted by Gasteiger charge is -2.14. The predicted molar refractivity (Wildman–Crippen MR) is 53.7 cm³/mol. The van der Waals surface area contributed by atoms with Gasteiger partial charge in [-0.2, -0.15) is 0 Å².